The topological polar surface area (TPSA) is 17.0 Å². The third kappa shape index (κ3) is 2.34. The first-order valence-corrected chi connectivity index (χ1v) is 6.27. The van der Waals surface area contributed by atoms with E-state index in [4.69, 9.17) is 0 Å². The van der Waals surface area contributed by atoms with Crippen LogP contribution in [-0.4, -0.2) is 17.7 Å². The Balaban J connectivity index is 1.80. The molecule has 0 bridgehead atoms. The predicted molar refractivity (Wildman–Crippen MR) is 67.5 cm³/mol. The zero-order chi connectivity index (χ0) is 11.7. The maximum absolute atomic E-state index is 13.1. The lowest BCUT2D eigenvalue weighted by Crippen LogP contribution is -2.29. The van der Waals surface area contributed by atoms with Crippen molar-refractivity contribution >= 4 is 10.8 Å². The van der Waals surface area contributed by atoms with Crippen LogP contribution in [0, 0.1) is 11.7 Å². The van der Waals surface area contributed by atoms with Gasteiger partial charge < -0.3 is 9.88 Å². The molecule has 2 nitrogen and oxygen atoms in total. The van der Waals surface area contributed by atoms with E-state index in [2.05, 4.69) is 22.3 Å². The highest BCUT2D eigenvalue weighted by molar-refractivity contribution is 5.82. The smallest absolute Gasteiger partial charge is 0.123 e. The van der Waals surface area contributed by atoms with Crippen molar-refractivity contribution in [3.05, 3.63) is 36.4 Å². The normalized spacial score (nSPS) is 17.7. The Kier molecular flexibility index (Phi) is 2.85. The molecule has 0 amide bonds. The summed E-state index contributed by atoms with van der Waals surface area (Å²) in [6, 6.07) is 4.98. The maximum Gasteiger partial charge on any atom is 0.123 e. The molecule has 3 rings (SSSR count). The van der Waals surface area contributed by atoms with E-state index in [0.29, 0.717) is 0 Å². The minimum absolute atomic E-state index is 0.155. The Hall–Kier alpha value is -1.35. The van der Waals surface area contributed by atoms with Crippen LogP contribution in [0.3, 0.4) is 0 Å². The highest BCUT2D eigenvalue weighted by Crippen LogP contribution is 2.20. The first-order valence-electron chi connectivity index (χ1n) is 6.27. The summed E-state index contributed by atoms with van der Waals surface area (Å²) in [5.74, 6) is 0.597. The molecule has 1 saturated heterocycles. The Morgan fingerprint density at radius 2 is 1.94 bits per heavy atom. The van der Waals surface area contributed by atoms with Gasteiger partial charge in [0.2, 0.25) is 0 Å². The summed E-state index contributed by atoms with van der Waals surface area (Å²) in [6.07, 6.45) is 6.66. The molecule has 17 heavy (non-hydrogen) atoms. The van der Waals surface area contributed by atoms with Crippen LogP contribution in [0.5, 0.6) is 0 Å². The van der Waals surface area contributed by atoms with Crippen LogP contribution < -0.4 is 5.32 Å². The van der Waals surface area contributed by atoms with E-state index in [1.807, 2.05) is 6.07 Å². The van der Waals surface area contributed by atoms with E-state index in [1.165, 1.54) is 18.9 Å². The van der Waals surface area contributed by atoms with E-state index in [-0.39, 0.29) is 5.82 Å². The first kappa shape index (κ1) is 10.8. The summed E-state index contributed by atoms with van der Waals surface area (Å²) in [5.41, 5.74) is 0. The zero-order valence-corrected chi connectivity index (χ0v) is 9.82. The fraction of sp³-hybridized carbons (Fsp3) is 0.429. The molecule has 3 heteroatoms. The minimum atomic E-state index is -0.155. The van der Waals surface area contributed by atoms with Crippen LogP contribution in [0.15, 0.2) is 30.6 Å². The van der Waals surface area contributed by atoms with Gasteiger partial charge in [-0.05, 0) is 55.4 Å². The Labute approximate surface area is 100 Å². The lowest BCUT2D eigenvalue weighted by atomic mass is 9.98. The van der Waals surface area contributed by atoms with Gasteiger partial charge in [-0.25, -0.2) is 4.39 Å². The van der Waals surface area contributed by atoms with E-state index in [9.17, 15) is 4.39 Å². The summed E-state index contributed by atoms with van der Waals surface area (Å²) in [4.78, 5) is 0. The van der Waals surface area contributed by atoms with Crippen molar-refractivity contribution in [3.63, 3.8) is 0 Å². The number of piperidine rings is 1. The van der Waals surface area contributed by atoms with Gasteiger partial charge >= 0.3 is 0 Å². The van der Waals surface area contributed by atoms with Crippen LogP contribution in [0.25, 0.3) is 10.8 Å². The monoisotopic (exact) mass is 232 g/mol. The van der Waals surface area contributed by atoms with E-state index in [0.717, 1.165) is 36.3 Å². The fourth-order valence-electron chi connectivity index (χ4n) is 2.64. The van der Waals surface area contributed by atoms with Gasteiger partial charge in [0, 0.05) is 24.3 Å². The first-order chi connectivity index (χ1) is 8.31. The lowest BCUT2D eigenvalue weighted by Gasteiger charge is -2.22. The van der Waals surface area contributed by atoms with Crippen molar-refractivity contribution in [3.8, 4) is 0 Å². The van der Waals surface area contributed by atoms with Crippen molar-refractivity contribution in [1.29, 1.82) is 0 Å². The van der Waals surface area contributed by atoms with Crippen LogP contribution >= 0.6 is 0 Å². The molecule has 1 N–H and O–H groups in total. The van der Waals surface area contributed by atoms with Crippen molar-refractivity contribution in [2.45, 2.75) is 19.4 Å². The van der Waals surface area contributed by atoms with Crippen LogP contribution in [-0.2, 0) is 6.54 Å². The summed E-state index contributed by atoms with van der Waals surface area (Å²) < 4.78 is 15.3. The number of aromatic nitrogens is 1. The number of benzene rings is 1. The second-order valence-electron chi connectivity index (χ2n) is 4.92. The minimum Gasteiger partial charge on any atom is -0.353 e. The molecular weight excluding hydrogens is 215 g/mol. The summed E-state index contributed by atoms with van der Waals surface area (Å²) in [6.45, 7) is 3.30. The molecule has 1 aromatic carbocycles. The number of nitrogens with zero attached hydrogens (tertiary/aromatic N) is 1. The van der Waals surface area contributed by atoms with E-state index >= 15 is 0 Å². The summed E-state index contributed by atoms with van der Waals surface area (Å²) in [5, 5.41) is 5.50. The Morgan fingerprint density at radius 1 is 1.18 bits per heavy atom. The third-order valence-electron chi connectivity index (χ3n) is 3.59. The van der Waals surface area contributed by atoms with Crippen molar-refractivity contribution in [1.82, 2.24) is 9.88 Å². The van der Waals surface area contributed by atoms with Gasteiger partial charge in [0.1, 0.15) is 5.82 Å². The zero-order valence-electron chi connectivity index (χ0n) is 9.82. The van der Waals surface area contributed by atoms with Gasteiger partial charge in [0.15, 0.2) is 0 Å². The summed E-state index contributed by atoms with van der Waals surface area (Å²) in [7, 11) is 0. The average Bonchev–Trinajstić information content (AvgIpc) is 2.71. The van der Waals surface area contributed by atoms with Gasteiger partial charge in [-0.3, -0.25) is 0 Å². The second kappa shape index (κ2) is 4.49. The molecule has 1 aromatic heterocycles. The number of nitrogens with one attached hydrogen (secondary N) is 1. The predicted octanol–water partition coefficient (Wildman–Crippen LogP) is 2.78. The van der Waals surface area contributed by atoms with Crippen molar-refractivity contribution < 1.29 is 4.39 Å². The van der Waals surface area contributed by atoms with Gasteiger partial charge in [0.25, 0.3) is 0 Å². The van der Waals surface area contributed by atoms with Crippen molar-refractivity contribution in [2.75, 3.05) is 13.1 Å². The molecular formula is C14H17FN2. The van der Waals surface area contributed by atoms with Gasteiger partial charge in [-0.15, -0.1) is 0 Å². The van der Waals surface area contributed by atoms with Crippen molar-refractivity contribution in [2.24, 2.45) is 5.92 Å². The standard InChI is InChI=1S/C14H17FN2/c15-14-2-1-12-9-17(10-13(12)7-14)8-11-3-5-16-6-4-11/h1-2,7,9-11,16H,3-6,8H2. The van der Waals surface area contributed by atoms with E-state index in [1.54, 1.807) is 6.07 Å². The van der Waals surface area contributed by atoms with Gasteiger partial charge in [0.05, 0.1) is 0 Å². The quantitative estimate of drug-likeness (QED) is 0.842. The fourth-order valence-corrected chi connectivity index (χ4v) is 2.64. The number of halogens is 1. The molecule has 2 aromatic rings. The molecule has 2 heterocycles. The third-order valence-corrected chi connectivity index (χ3v) is 3.59. The van der Waals surface area contributed by atoms with Crippen LogP contribution in [0.4, 0.5) is 4.39 Å². The molecule has 1 aliphatic rings. The maximum atomic E-state index is 13.1. The largest absolute Gasteiger partial charge is 0.353 e. The lowest BCUT2D eigenvalue weighted by molar-refractivity contribution is 0.334. The average molecular weight is 232 g/mol. The number of hydrogen-bond acceptors (Lipinski definition) is 1. The molecule has 0 atom stereocenters. The molecule has 0 radical (unpaired) electrons. The highest BCUT2D eigenvalue weighted by atomic mass is 19.1. The molecule has 1 fully saturated rings. The molecule has 0 saturated carbocycles. The van der Waals surface area contributed by atoms with Gasteiger partial charge in [-0.2, -0.15) is 0 Å². The van der Waals surface area contributed by atoms with E-state index < -0.39 is 0 Å². The van der Waals surface area contributed by atoms with Crippen LogP contribution in [0.2, 0.25) is 0 Å². The van der Waals surface area contributed by atoms with Gasteiger partial charge in [-0.1, -0.05) is 0 Å². The summed E-state index contributed by atoms with van der Waals surface area (Å²) >= 11 is 0. The molecule has 0 spiro atoms. The van der Waals surface area contributed by atoms with Crippen LogP contribution in [0.1, 0.15) is 12.8 Å². The SMILES string of the molecule is Fc1ccc2cn(CC3CCNCC3)cc2c1. The molecule has 1 aliphatic heterocycles. The Morgan fingerprint density at radius 3 is 2.76 bits per heavy atom. The molecule has 0 unspecified atom stereocenters. The second-order valence-corrected chi connectivity index (χ2v) is 4.92. The Bertz CT molecular complexity index is 512. The number of fused-ring (bicyclic) bond motifs is 1. The molecule has 90 valence electrons. The highest BCUT2D eigenvalue weighted by Gasteiger charge is 2.13. The molecule has 0 aliphatic carbocycles. The number of rotatable bonds is 2. The number of hydrogen-bond donors (Lipinski definition) is 1.